The Hall–Kier alpha value is -1.33. The van der Waals surface area contributed by atoms with E-state index in [1.54, 1.807) is 6.20 Å². The molecular weight excluding hydrogens is 180 g/mol. The third-order valence-electron chi connectivity index (χ3n) is 2.22. The second-order valence-electron chi connectivity index (χ2n) is 3.19. The maximum Gasteiger partial charge on any atom is 0.141 e. The number of aromatic nitrogens is 1. The number of hydrazine groups is 1. The van der Waals surface area contributed by atoms with Crippen LogP contribution >= 0.6 is 0 Å². The Kier molecular flexibility index (Phi) is 3.67. The largest absolute Gasteiger partial charge is 0.394 e. The Bertz CT molecular complexity index is 292. The molecule has 1 aromatic heterocycles. The summed E-state index contributed by atoms with van der Waals surface area (Å²) in [6.07, 6.45) is 1.67. The highest BCUT2D eigenvalue weighted by atomic mass is 16.3. The number of aliphatic hydroxyl groups is 1. The summed E-state index contributed by atoms with van der Waals surface area (Å²) < 4.78 is 0. The minimum absolute atomic E-state index is 0.0722. The fraction of sp³-hybridized carbons (Fsp3) is 0.444. The summed E-state index contributed by atoms with van der Waals surface area (Å²) in [6.45, 7) is 2.06. The van der Waals surface area contributed by atoms with Crippen molar-refractivity contribution >= 4 is 11.5 Å². The van der Waals surface area contributed by atoms with Crippen LogP contribution in [-0.4, -0.2) is 29.8 Å². The van der Waals surface area contributed by atoms with Crippen LogP contribution in [0.4, 0.5) is 11.5 Å². The molecule has 0 fully saturated rings. The highest BCUT2D eigenvalue weighted by Gasteiger charge is 2.08. The van der Waals surface area contributed by atoms with Gasteiger partial charge in [0, 0.05) is 31.0 Å². The minimum Gasteiger partial charge on any atom is -0.394 e. The lowest BCUT2D eigenvalue weighted by molar-refractivity contribution is 0.270. The van der Waals surface area contributed by atoms with Gasteiger partial charge in [-0.3, -0.25) is 0 Å². The lowest BCUT2D eigenvalue weighted by Gasteiger charge is -2.25. The average Bonchev–Trinajstić information content (AvgIpc) is 2.27. The molecule has 1 unspecified atom stereocenters. The molecule has 0 aromatic carbocycles. The zero-order chi connectivity index (χ0) is 10.6. The lowest BCUT2D eigenvalue weighted by atomic mass is 10.2. The highest BCUT2D eigenvalue weighted by molar-refractivity contribution is 5.53. The quantitative estimate of drug-likeness (QED) is 0.473. The molecule has 78 valence electrons. The van der Waals surface area contributed by atoms with Gasteiger partial charge in [-0.25, -0.2) is 10.8 Å². The topological polar surface area (TPSA) is 74.4 Å². The zero-order valence-electron chi connectivity index (χ0n) is 8.44. The molecule has 4 N–H and O–H groups in total. The Morgan fingerprint density at radius 3 is 3.00 bits per heavy atom. The molecule has 1 atom stereocenters. The van der Waals surface area contributed by atoms with E-state index in [1.165, 1.54) is 0 Å². The molecule has 0 saturated heterocycles. The predicted molar refractivity (Wildman–Crippen MR) is 57.0 cm³/mol. The van der Waals surface area contributed by atoms with Crippen LogP contribution in [0.3, 0.4) is 0 Å². The van der Waals surface area contributed by atoms with Crippen molar-refractivity contribution < 1.29 is 5.11 Å². The van der Waals surface area contributed by atoms with Crippen molar-refractivity contribution in [2.75, 3.05) is 24.0 Å². The van der Waals surface area contributed by atoms with Gasteiger partial charge >= 0.3 is 0 Å². The summed E-state index contributed by atoms with van der Waals surface area (Å²) in [5.41, 5.74) is 3.45. The first-order valence-corrected chi connectivity index (χ1v) is 4.45. The molecule has 1 aromatic rings. The SMILES string of the molecule is CC(CO)N(C)c1ccnc(NN)c1. The molecule has 0 aliphatic rings. The fourth-order valence-corrected chi connectivity index (χ4v) is 1.09. The van der Waals surface area contributed by atoms with E-state index in [4.69, 9.17) is 10.9 Å². The van der Waals surface area contributed by atoms with Crippen LogP contribution in [0.2, 0.25) is 0 Å². The summed E-state index contributed by atoms with van der Waals surface area (Å²) >= 11 is 0. The van der Waals surface area contributed by atoms with Gasteiger partial charge in [0.05, 0.1) is 6.61 Å². The van der Waals surface area contributed by atoms with Crippen molar-refractivity contribution in [1.29, 1.82) is 0 Å². The summed E-state index contributed by atoms with van der Waals surface area (Å²) in [4.78, 5) is 5.96. The van der Waals surface area contributed by atoms with Crippen LogP contribution in [0, 0.1) is 0 Å². The monoisotopic (exact) mass is 196 g/mol. The van der Waals surface area contributed by atoms with Gasteiger partial charge in [0.15, 0.2) is 0 Å². The van der Waals surface area contributed by atoms with Crippen LogP contribution in [-0.2, 0) is 0 Å². The van der Waals surface area contributed by atoms with Crippen LogP contribution < -0.4 is 16.2 Å². The van der Waals surface area contributed by atoms with E-state index >= 15 is 0 Å². The summed E-state index contributed by atoms with van der Waals surface area (Å²) in [7, 11) is 1.91. The first-order valence-electron chi connectivity index (χ1n) is 4.45. The zero-order valence-corrected chi connectivity index (χ0v) is 8.44. The van der Waals surface area contributed by atoms with E-state index in [0.29, 0.717) is 5.82 Å². The van der Waals surface area contributed by atoms with E-state index in [-0.39, 0.29) is 12.6 Å². The molecule has 1 rings (SSSR count). The number of pyridine rings is 1. The maximum absolute atomic E-state index is 9.00. The smallest absolute Gasteiger partial charge is 0.141 e. The van der Waals surface area contributed by atoms with Crippen LogP contribution in [0.25, 0.3) is 0 Å². The average molecular weight is 196 g/mol. The van der Waals surface area contributed by atoms with Crippen molar-refractivity contribution in [3.05, 3.63) is 18.3 Å². The number of likely N-dealkylation sites (N-methyl/N-ethyl adjacent to an activating group) is 1. The maximum atomic E-state index is 9.00. The third kappa shape index (κ3) is 2.34. The van der Waals surface area contributed by atoms with Gasteiger partial charge in [-0.05, 0) is 13.0 Å². The Balaban J connectivity index is 2.83. The number of nitrogen functional groups attached to an aromatic ring is 1. The second kappa shape index (κ2) is 4.78. The molecule has 0 aliphatic carbocycles. The standard InChI is InChI=1S/C9H16N4O/c1-7(6-14)13(2)8-3-4-11-9(5-8)12-10/h3-5,7,14H,6,10H2,1-2H3,(H,11,12). The lowest BCUT2D eigenvalue weighted by Crippen LogP contribution is -2.31. The molecule has 0 bridgehead atoms. The van der Waals surface area contributed by atoms with Gasteiger partial charge < -0.3 is 15.4 Å². The number of anilines is 2. The number of hydrogen-bond donors (Lipinski definition) is 3. The number of hydrogen-bond acceptors (Lipinski definition) is 5. The van der Waals surface area contributed by atoms with E-state index in [2.05, 4.69) is 10.4 Å². The minimum atomic E-state index is 0.0722. The van der Waals surface area contributed by atoms with Gasteiger partial charge in [-0.1, -0.05) is 0 Å². The molecule has 0 amide bonds. The van der Waals surface area contributed by atoms with E-state index in [1.807, 2.05) is 31.0 Å². The number of nitrogens with zero attached hydrogens (tertiary/aromatic N) is 2. The van der Waals surface area contributed by atoms with Gasteiger partial charge in [-0.15, -0.1) is 0 Å². The summed E-state index contributed by atoms with van der Waals surface area (Å²) in [5, 5.41) is 9.00. The van der Waals surface area contributed by atoms with Crippen molar-refractivity contribution in [1.82, 2.24) is 4.98 Å². The highest BCUT2D eigenvalue weighted by Crippen LogP contribution is 2.16. The van der Waals surface area contributed by atoms with Gasteiger partial charge in [0.1, 0.15) is 5.82 Å². The van der Waals surface area contributed by atoms with Crippen LogP contribution in [0.5, 0.6) is 0 Å². The third-order valence-corrected chi connectivity index (χ3v) is 2.22. The molecule has 5 nitrogen and oxygen atoms in total. The van der Waals surface area contributed by atoms with Crippen molar-refractivity contribution in [2.24, 2.45) is 5.84 Å². The van der Waals surface area contributed by atoms with E-state index in [9.17, 15) is 0 Å². The Morgan fingerprint density at radius 2 is 2.43 bits per heavy atom. The molecule has 0 spiro atoms. The van der Waals surface area contributed by atoms with Crippen molar-refractivity contribution in [3.8, 4) is 0 Å². The van der Waals surface area contributed by atoms with Gasteiger partial charge in [-0.2, -0.15) is 0 Å². The number of rotatable bonds is 4. The molecule has 0 radical (unpaired) electrons. The fourth-order valence-electron chi connectivity index (χ4n) is 1.09. The predicted octanol–water partition coefficient (Wildman–Crippen LogP) is 0.184. The van der Waals surface area contributed by atoms with Gasteiger partial charge in [0.25, 0.3) is 0 Å². The van der Waals surface area contributed by atoms with Crippen molar-refractivity contribution in [3.63, 3.8) is 0 Å². The molecule has 14 heavy (non-hydrogen) atoms. The van der Waals surface area contributed by atoms with E-state index < -0.39 is 0 Å². The molecular formula is C9H16N4O. The molecule has 5 heteroatoms. The van der Waals surface area contributed by atoms with Crippen LogP contribution in [0.1, 0.15) is 6.92 Å². The first-order chi connectivity index (χ1) is 6.69. The number of nitrogens with two attached hydrogens (primary N) is 1. The second-order valence-corrected chi connectivity index (χ2v) is 3.19. The molecule has 0 saturated carbocycles. The molecule has 0 aliphatic heterocycles. The number of aliphatic hydroxyl groups excluding tert-OH is 1. The molecule has 1 heterocycles. The number of nitrogens with one attached hydrogen (secondary N) is 1. The van der Waals surface area contributed by atoms with Gasteiger partial charge in [0.2, 0.25) is 0 Å². The van der Waals surface area contributed by atoms with Crippen LogP contribution in [0.15, 0.2) is 18.3 Å². The Morgan fingerprint density at radius 1 is 1.71 bits per heavy atom. The summed E-state index contributed by atoms with van der Waals surface area (Å²) in [6, 6.07) is 3.77. The van der Waals surface area contributed by atoms with E-state index in [0.717, 1.165) is 5.69 Å². The first kappa shape index (κ1) is 10.7. The van der Waals surface area contributed by atoms with Crippen molar-refractivity contribution in [2.45, 2.75) is 13.0 Å². The summed E-state index contributed by atoms with van der Waals surface area (Å²) in [5.74, 6) is 5.86. The normalized spacial score (nSPS) is 12.3. The Labute approximate surface area is 83.5 Å².